The van der Waals surface area contributed by atoms with Gasteiger partial charge in [0, 0.05) is 23.6 Å². The molecule has 0 heterocycles. The number of carbonyl (C=O) groups is 3. The summed E-state index contributed by atoms with van der Waals surface area (Å²) in [7, 11) is 2.37. The highest BCUT2D eigenvalue weighted by molar-refractivity contribution is 6.00. The second-order valence-electron chi connectivity index (χ2n) is 7.27. The van der Waals surface area contributed by atoms with E-state index in [1.54, 1.807) is 18.2 Å². The molecule has 1 N–H and O–H groups in total. The van der Waals surface area contributed by atoms with Gasteiger partial charge in [-0.2, -0.15) is 0 Å². The maximum absolute atomic E-state index is 13.0. The largest absolute Gasteiger partial charge is 0.469 e. The smallest absolute Gasteiger partial charge is 0.329 e. The molecule has 170 valence electrons. The number of ether oxygens (including phenoxy) is 2. The van der Waals surface area contributed by atoms with Crippen LogP contribution in [-0.4, -0.2) is 43.0 Å². The van der Waals surface area contributed by atoms with Crippen molar-refractivity contribution in [2.45, 2.75) is 18.4 Å². The molecule has 0 saturated heterocycles. The zero-order valence-electron chi connectivity index (χ0n) is 18.0. The van der Waals surface area contributed by atoms with Gasteiger partial charge < -0.3 is 14.8 Å². The monoisotopic (exact) mass is 450 g/mol. The van der Waals surface area contributed by atoms with Gasteiger partial charge in [0.25, 0.3) is 11.6 Å². The number of nitro groups is 1. The predicted molar refractivity (Wildman–Crippen MR) is 120 cm³/mol. The SMILES string of the molecule is COC(=O)C[C@@H](c1ccc([N+](=O)[O-])cc1)[C@@H](NC(=O)c1ccc2ccccc2c1)C(=O)OC. The molecule has 0 saturated carbocycles. The Morgan fingerprint density at radius 3 is 2.21 bits per heavy atom. The van der Waals surface area contributed by atoms with E-state index in [0.717, 1.165) is 10.8 Å². The highest BCUT2D eigenvalue weighted by Crippen LogP contribution is 2.28. The quantitative estimate of drug-likeness (QED) is 0.317. The highest BCUT2D eigenvalue weighted by Gasteiger charge is 2.34. The lowest BCUT2D eigenvalue weighted by Gasteiger charge is -2.26. The van der Waals surface area contributed by atoms with Crippen LogP contribution in [0.4, 0.5) is 5.69 Å². The van der Waals surface area contributed by atoms with Crippen molar-refractivity contribution in [3.8, 4) is 0 Å². The molecule has 0 aliphatic heterocycles. The van der Waals surface area contributed by atoms with Crippen molar-refractivity contribution < 1.29 is 28.8 Å². The predicted octanol–water partition coefficient (Wildman–Crippen LogP) is 3.37. The van der Waals surface area contributed by atoms with Crippen molar-refractivity contribution in [1.82, 2.24) is 5.32 Å². The second-order valence-corrected chi connectivity index (χ2v) is 7.27. The first-order valence-electron chi connectivity index (χ1n) is 10.0. The highest BCUT2D eigenvalue weighted by atomic mass is 16.6. The number of non-ortho nitro benzene ring substituents is 1. The van der Waals surface area contributed by atoms with Crippen molar-refractivity contribution in [3.05, 3.63) is 88.0 Å². The number of esters is 2. The van der Waals surface area contributed by atoms with E-state index in [4.69, 9.17) is 9.47 Å². The molecule has 0 spiro atoms. The van der Waals surface area contributed by atoms with E-state index in [2.05, 4.69) is 5.32 Å². The number of benzene rings is 3. The van der Waals surface area contributed by atoms with Crippen molar-refractivity contribution in [2.75, 3.05) is 14.2 Å². The van der Waals surface area contributed by atoms with Gasteiger partial charge in [0.15, 0.2) is 0 Å². The van der Waals surface area contributed by atoms with E-state index in [9.17, 15) is 24.5 Å². The molecule has 0 aliphatic rings. The maximum atomic E-state index is 13.0. The molecule has 2 atom stereocenters. The molecule has 1 amide bonds. The standard InChI is InChI=1S/C24H22N2O7/c1-32-21(27)14-20(16-9-11-19(12-10-16)26(30)31)22(24(29)33-2)25-23(28)18-8-7-15-5-3-4-6-17(15)13-18/h3-13,20,22H,14H2,1-2H3,(H,25,28)/t20-,22+/m0/s1. The molecule has 0 radical (unpaired) electrons. The van der Waals surface area contributed by atoms with Crippen molar-refractivity contribution in [3.63, 3.8) is 0 Å². The van der Waals surface area contributed by atoms with Gasteiger partial charge in [-0.1, -0.05) is 42.5 Å². The summed E-state index contributed by atoms with van der Waals surface area (Å²) in [4.78, 5) is 48.2. The van der Waals surface area contributed by atoms with Gasteiger partial charge in [-0.3, -0.25) is 19.7 Å². The molecule has 3 aromatic carbocycles. The number of amides is 1. The summed E-state index contributed by atoms with van der Waals surface area (Å²) in [5.74, 6) is -2.80. The third kappa shape index (κ3) is 5.51. The van der Waals surface area contributed by atoms with E-state index in [0.29, 0.717) is 11.1 Å². The molecule has 9 nitrogen and oxygen atoms in total. The molecule has 0 fully saturated rings. The number of nitrogens with one attached hydrogen (secondary N) is 1. The molecular formula is C24H22N2O7. The lowest BCUT2D eigenvalue weighted by Crippen LogP contribution is -2.46. The Morgan fingerprint density at radius 1 is 0.939 bits per heavy atom. The lowest BCUT2D eigenvalue weighted by molar-refractivity contribution is -0.384. The van der Waals surface area contributed by atoms with E-state index < -0.39 is 34.7 Å². The van der Waals surface area contributed by atoms with Gasteiger partial charge in [-0.15, -0.1) is 0 Å². The molecule has 0 aliphatic carbocycles. The fourth-order valence-corrected chi connectivity index (χ4v) is 3.54. The summed E-state index contributed by atoms with van der Waals surface area (Å²) < 4.78 is 9.64. The minimum absolute atomic E-state index is 0.148. The molecule has 9 heteroatoms. The van der Waals surface area contributed by atoms with Crippen LogP contribution in [0, 0.1) is 10.1 Å². The number of fused-ring (bicyclic) bond motifs is 1. The number of hydrogen-bond donors (Lipinski definition) is 1. The second kappa shape index (κ2) is 10.4. The van der Waals surface area contributed by atoms with Gasteiger partial charge >= 0.3 is 11.9 Å². The normalized spacial score (nSPS) is 12.4. The topological polar surface area (TPSA) is 125 Å². The number of carbonyl (C=O) groups excluding carboxylic acids is 3. The third-order valence-electron chi connectivity index (χ3n) is 5.30. The van der Waals surface area contributed by atoms with Crippen LogP contribution in [0.5, 0.6) is 0 Å². The van der Waals surface area contributed by atoms with Crippen LogP contribution in [-0.2, 0) is 19.1 Å². The summed E-state index contributed by atoms with van der Waals surface area (Å²) in [6.07, 6.45) is -0.258. The summed E-state index contributed by atoms with van der Waals surface area (Å²) in [6.45, 7) is 0. The van der Waals surface area contributed by atoms with E-state index in [-0.39, 0.29) is 12.1 Å². The van der Waals surface area contributed by atoms with Crippen LogP contribution >= 0.6 is 0 Å². The van der Waals surface area contributed by atoms with Crippen molar-refractivity contribution in [1.29, 1.82) is 0 Å². The summed E-state index contributed by atoms with van der Waals surface area (Å²) in [5, 5.41) is 15.4. The average Bonchev–Trinajstić information content (AvgIpc) is 2.85. The molecular weight excluding hydrogens is 428 g/mol. The molecule has 0 aromatic heterocycles. The van der Waals surface area contributed by atoms with Crippen LogP contribution in [0.25, 0.3) is 10.8 Å². The maximum Gasteiger partial charge on any atom is 0.329 e. The van der Waals surface area contributed by atoms with Gasteiger partial charge in [-0.25, -0.2) is 4.79 Å². The van der Waals surface area contributed by atoms with Crippen LogP contribution in [0.2, 0.25) is 0 Å². The number of nitrogens with zero attached hydrogens (tertiary/aromatic N) is 1. The Labute approximate surface area is 189 Å². The molecule has 3 rings (SSSR count). The van der Waals surface area contributed by atoms with Gasteiger partial charge in [0.1, 0.15) is 6.04 Å². The molecule has 33 heavy (non-hydrogen) atoms. The summed E-state index contributed by atoms with van der Waals surface area (Å²) in [6, 6.07) is 16.8. The number of hydrogen-bond acceptors (Lipinski definition) is 7. The third-order valence-corrected chi connectivity index (χ3v) is 5.30. The van der Waals surface area contributed by atoms with Gasteiger partial charge in [0.2, 0.25) is 0 Å². The zero-order valence-corrected chi connectivity index (χ0v) is 18.0. The Morgan fingerprint density at radius 2 is 1.61 bits per heavy atom. The fourth-order valence-electron chi connectivity index (χ4n) is 3.54. The van der Waals surface area contributed by atoms with E-state index in [1.165, 1.54) is 38.5 Å². The first-order valence-corrected chi connectivity index (χ1v) is 10.0. The lowest BCUT2D eigenvalue weighted by atomic mass is 9.88. The Bertz CT molecular complexity index is 1190. The summed E-state index contributed by atoms with van der Waals surface area (Å²) in [5.41, 5.74) is 0.605. The first kappa shape index (κ1) is 23.4. The minimum atomic E-state index is -1.24. The van der Waals surface area contributed by atoms with Gasteiger partial charge in [-0.05, 0) is 28.5 Å². The zero-order chi connectivity index (χ0) is 24.0. The average molecular weight is 450 g/mol. The Balaban J connectivity index is 1.96. The molecule has 3 aromatic rings. The van der Waals surface area contributed by atoms with Crippen molar-refractivity contribution >= 4 is 34.3 Å². The van der Waals surface area contributed by atoms with Crippen LogP contribution in [0.3, 0.4) is 0 Å². The summed E-state index contributed by atoms with van der Waals surface area (Å²) >= 11 is 0. The number of methoxy groups -OCH3 is 2. The minimum Gasteiger partial charge on any atom is -0.469 e. The van der Waals surface area contributed by atoms with E-state index >= 15 is 0 Å². The van der Waals surface area contributed by atoms with Crippen LogP contribution in [0.15, 0.2) is 66.7 Å². The number of rotatable bonds is 8. The van der Waals surface area contributed by atoms with Gasteiger partial charge in [0.05, 0.1) is 25.6 Å². The molecule has 0 bridgehead atoms. The van der Waals surface area contributed by atoms with Crippen LogP contribution < -0.4 is 5.32 Å². The first-order chi connectivity index (χ1) is 15.8. The Hall–Kier alpha value is -4.27. The van der Waals surface area contributed by atoms with Crippen molar-refractivity contribution in [2.24, 2.45) is 0 Å². The fraction of sp³-hybridized carbons (Fsp3) is 0.208. The van der Waals surface area contributed by atoms with Crippen LogP contribution in [0.1, 0.15) is 28.3 Å². The van der Waals surface area contributed by atoms with E-state index in [1.807, 2.05) is 24.3 Å². The Kier molecular flexibility index (Phi) is 7.34. The molecule has 0 unspecified atom stereocenters. The number of nitro benzene ring substituents is 1.